The summed E-state index contributed by atoms with van der Waals surface area (Å²) < 4.78 is 89.6. The highest BCUT2D eigenvalue weighted by atomic mass is 32.2. The number of fused-ring (bicyclic) bond motifs is 1. The quantitative estimate of drug-likeness (QED) is 0.593. The molecule has 27 heavy (non-hydrogen) atoms. The van der Waals surface area contributed by atoms with Crippen molar-refractivity contribution in [2.75, 3.05) is 5.75 Å². The van der Waals surface area contributed by atoms with Gasteiger partial charge in [-0.3, -0.25) is 4.21 Å². The number of nitrogens with one attached hydrogen (secondary N) is 1. The van der Waals surface area contributed by atoms with Crippen LogP contribution in [0.15, 0.2) is 41.4 Å². The minimum atomic E-state index is -4.60. The lowest BCUT2D eigenvalue weighted by molar-refractivity contribution is -0.138. The number of H-pyrrole nitrogens is 1. The average molecular weight is 406 g/mol. The Morgan fingerprint density at radius 2 is 1.67 bits per heavy atom. The fourth-order valence-corrected chi connectivity index (χ4v) is 3.57. The average Bonchev–Trinajstić information content (AvgIpc) is 3.02. The number of alkyl halides is 6. The predicted molar refractivity (Wildman–Crippen MR) is 88.5 cm³/mol. The van der Waals surface area contributed by atoms with Gasteiger partial charge in [0.25, 0.3) is 0 Å². The first-order chi connectivity index (χ1) is 12.5. The summed E-state index contributed by atoms with van der Waals surface area (Å²) in [6, 6.07) is 5.03. The summed E-state index contributed by atoms with van der Waals surface area (Å²) in [5.74, 6) is 0.0883. The number of benzene rings is 1. The van der Waals surface area contributed by atoms with Crippen LogP contribution in [-0.2, 0) is 23.2 Å². The van der Waals surface area contributed by atoms with Gasteiger partial charge in [-0.1, -0.05) is 13.0 Å². The van der Waals surface area contributed by atoms with E-state index in [-0.39, 0.29) is 32.9 Å². The van der Waals surface area contributed by atoms with Crippen LogP contribution >= 0.6 is 0 Å². The third-order valence-corrected chi connectivity index (χ3v) is 5.26. The first kappa shape index (κ1) is 19.4. The van der Waals surface area contributed by atoms with E-state index in [0.29, 0.717) is 6.20 Å². The van der Waals surface area contributed by atoms with Crippen LogP contribution < -0.4 is 0 Å². The van der Waals surface area contributed by atoms with Gasteiger partial charge < -0.3 is 4.98 Å². The molecule has 0 aliphatic carbocycles. The van der Waals surface area contributed by atoms with Crippen LogP contribution in [-0.4, -0.2) is 19.9 Å². The Bertz CT molecular complexity index is 1020. The molecule has 0 spiro atoms. The summed E-state index contributed by atoms with van der Waals surface area (Å²) in [6.45, 7) is 1.56. The van der Waals surface area contributed by atoms with Crippen LogP contribution in [0.25, 0.3) is 22.3 Å². The molecule has 0 amide bonds. The molecule has 1 atom stereocenters. The predicted octanol–water partition coefficient (Wildman–Crippen LogP) is 5.40. The summed E-state index contributed by atoms with van der Waals surface area (Å²) in [5.41, 5.74) is -1.29. The second kappa shape index (κ2) is 6.66. The Morgan fingerprint density at radius 3 is 2.26 bits per heavy atom. The number of halogens is 6. The van der Waals surface area contributed by atoms with E-state index in [1.165, 1.54) is 6.07 Å². The topological polar surface area (TPSA) is 45.8 Å². The maximum atomic E-state index is 13.0. The van der Waals surface area contributed by atoms with Crippen molar-refractivity contribution in [3.05, 3.63) is 47.7 Å². The number of rotatable bonds is 3. The van der Waals surface area contributed by atoms with Crippen LogP contribution in [0.4, 0.5) is 26.3 Å². The van der Waals surface area contributed by atoms with Gasteiger partial charge in [0.2, 0.25) is 0 Å². The molecule has 0 fully saturated rings. The molecule has 144 valence electrons. The fraction of sp³-hybridized carbons (Fsp3) is 0.235. The zero-order chi connectivity index (χ0) is 20.0. The molecule has 0 saturated carbocycles. The van der Waals surface area contributed by atoms with E-state index >= 15 is 0 Å². The lowest BCUT2D eigenvalue weighted by Gasteiger charge is -2.12. The maximum Gasteiger partial charge on any atom is 0.417 e. The van der Waals surface area contributed by atoms with Gasteiger partial charge in [0.05, 0.1) is 21.9 Å². The Kier molecular flexibility index (Phi) is 4.79. The van der Waals surface area contributed by atoms with Crippen LogP contribution in [0.1, 0.15) is 18.1 Å². The Labute approximate surface area is 151 Å². The summed E-state index contributed by atoms with van der Waals surface area (Å²) >= 11 is 0. The van der Waals surface area contributed by atoms with E-state index in [4.69, 9.17) is 0 Å². The van der Waals surface area contributed by atoms with Crippen LogP contribution in [0.3, 0.4) is 0 Å². The normalized spacial score (nSPS) is 13.9. The fourth-order valence-electron chi connectivity index (χ4n) is 2.58. The van der Waals surface area contributed by atoms with Crippen molar-refractivity contribution >= 4 is 21.8 Å². The molecule has 3 rings (SSSR count). The van der Waals surface area contributed by atoms with Gasteiger partial charge in [-0.05, 0) is 24.3 Å². The largest absolute Gasteiger partial charge is 0.417 e. The van der Waals surface area contributed by atoms with E-state index in [1.54, 1.807) is 6.92 Å². The van der Waals surface area contributed by atoms with E-state index in [0.717, 1.165) is 24.3 Å². The minimum absolute atomic E-state index is 0.0464. The van der Waals surface area contributed by atoms with Crippen molar-refractivity contribution in [1.29, 1.82) is 0 Å². The first-order valence-electron chi connectivity index (χ1n) is 7.66. The highest BCUT2D eigenvalue weighted by molar-refractivity contribution is 7.85. The number of aromatic amines is 1. The van der Waals surface area contributed by atoms with E-state index in [9.17, 15) is 30.6 Å². The molecule has 1 unspecified atom stereocenters. The van der Waals surface area contributed by atoms with Gasteiger partial charge in [0.1, 0.15) is 5.65 Å². The third-order valence-electron chi connectivity index (χ3n) is 3.90. The summed E-state index contributed by atoms with van der Waals surface area (Å²) in [7, 11) is -1.71. The number of hydrogen-bond donors (Lipinski definition) is 1. The second-order valence-electron chi connectivity index (χ2n) is 5.69. The maximum absolute atomic E-state index is 13.0. The molecular formula is C17H12F6N2OS. The zero-order valence-electron chi connectivity index (χ0n) is 13.7. The van der Waals surface area contributed by atoms with Gasteiger partial charge in [-0.25, -0.2) is 4.98 Å². The molecule has 3 nitrogen and oxygen atoms in total. The van der Waals surface area contributed by atoms with Gasteiger partial charge in [-0.15, -0.1) is 0 Å². The molecule has 0 saturated heterocycles. The van der Waals surface area contributed by atoms with E-state index in [1.807, 2.05) is 0 Å². The molecule has 0 aliphatic rings. The van der Waals surface area contributed by atoms with E-state index in [2.05, 4.69) is 9.97 Å². The molecule has 2 aromatic heterocycles. The molecule has 2 heterocycles. The molecule has 1 aromatic carbocycles. The number of nitrogens with zero attached hydrogens (tertiary/aromatic N) is 1. The first-order valence-corrected chi connectivity index (χ1v) is 8.98. The van der Waals surface area contributed by atoms with E-state index < -0.39 is 34.3 Å². The SMILES string of the molecule is CCS(=O)c1cc(C(F)(F)F)ccc1-c1cc2cc(C(F)(F)F)cnc2[nH]1. The van der Waals surface area contributed by atoms with Crippen molar-refractivity contribution in [3.8, 4) is 11.3 Å². The smallest absolute Gasteiger partial charge is 0.339 e. The summed E-state index contributed by atoms with van der Waals surface area (Å²) in [6.07, 6.45) is -8.50. The lowest BCUT2D eigenvalue weighted by atomic mass is 10.1. The van der Waals surface area contributed by atoms with Crippen molar-refractivity contribution < 1.29 is 30.6 Å². The molecular weight excluding hydrogens is 394 g/mol. The minimum Gasteiger partial charge on any atom is -0.339 e. The summed E-state index contributed by atoms with van der Waals surface area (Å²) in [5, 5.41) is 0.146. The number of hydrogen-bond acceptors (Lipinski definition) is 2. The number of aromatic nitrogens is 2. The summed E-state index contributed by atoms with van der Waals surface area (Å²) in [4.78, 5) is 6.44. The van der Waals surface area contributed by atoms with Crippen molar-refractivity contribution in [3.63, 3.8) is 0 Å². The molecule has 1 N–H and O–H groups in total. The standard InChI is InChI=1S/C17H12F6N2OS/c1-2-27(26)14-7-10(16(18,19)20)3-4-12(14)13-6-9-5-11(17(21,22)23)8-24-15(9)25-13/h3-8H,2H2,1H3,(H,24,25). The molecule has 0 aliphatic heterocycles. The van der Waals surface area contributed by atoms with Gasteiger partial charge >= 0.3 is 12.4 Å². The van der Waals surface area contributed by atoms with Gasteiger partial charge in [0.15, 0.2) is 0 Å². The highest BCUT2D eigenvalue weighted by Crippen LogP contribution is 2.36. The lowest BCUT2D eigenvalue weighted by Crippen LogP contribution is -2.07. The third kappa shape index (κ3) is 3.85. The van der Waals surface area contributed by atoms with Crippen LogP contribution in [0.2, 0.25) is 0 Å². The molecule has 0 radical (unpaired) electrons. The zero-order valence-corrected chi connectivity index (χ0v) is 14.5. The molecule has 10 heteroatoms. The van der Waals surface area contributed by atoms with Crippen molar-refractivity contribution in [2.24, 2.45) is 0 Å². The Hall–Kier alpha value is -2.36. The van der Waals surface area contributed by atoms with Crippen LogP contribution in [0.5, 0.6) is 0 Å². The Balaban J connectivity index is 2.16. The number of pyridine rings is 1. The molecule has 0 bridgehead atoms. The molecule has 3 aromatic rings. The second-order valence-corrected chi connectivity index (χ2v) is 7.39. The monoisotopic (exact) mass is 406 g/mol. The Morgan fingerprint density at radius 1 is 1.00 bits per heavy atom. The van der Waals surface area contributed by atoms with Crippen molar-refractivity contribution in [2.45, 2.75) is 24.2 Å². The van der Waals surface area contributed by atoms with Crippen LogP contribution in [0, 0.1) is 0 Å². The van der Waals surface area contributed by atoms with Crippen molar-refractivity contribution in [1.82, 2.24) is 9.97 Å². The van der Waals surface area contributed by atoms with Gasteiger partial charge in [0, 0.05) is 33.5 Å². The van der Waals surface area contributed by atoms with Gasteiger partial charge in [-0.2, -0.15) is 26.3 Å². The highest BCUT2D eigenvalue weighted by Gasteiger charge is 2.33.